The molecular weight excluding hydrogens is 619 g/mol. The lowest BCUT2D eigenvalue weighted by atomic mass is 9.81. The van der Waals surface area contributed by atoms with Crippen LogP contribution in [0.3, 0.4) is 0 Å². The molecule has 2 heterocycles. The van der Waals surface area contributed by atoms with Crippen molar-refractivity contribution in [2.24, 2.45) is 16.1 Å². The number of anilines is 1. The van der Waals surface area contributed by atoms with Gasteiger partial charge in [0, 0.05) is 24.7 Å². The minimum atomic E-state index is -4.53. The third kappa shape index (κ3) is 7.70. The fourth-order valence-corrected chi connectivity index (χ4v) is 5.41. The number of nitrogens with two attached hydrogens (primary N) is 1. The van der Waals surface area contributed by atoms with E-state index in [1.54, 1.807) is 42.4 Å². The zero-order chi connectivity index (χ0) is 34.5. The van der Waals surface area contributed by atoms with Gasteiger partial charge in [-0.05, 0) is 57.0 Å². The highest BCUT2D eigenvalue weighted by atomic mass is 19.4. The largest absolute Gasteiger partial charge is 0.416 e. The van der Waals surface area contributed by atoms with E-state index in [-0.39, 0.29) is 23.1 Å². The van der Waals surface area contributed by atoms with Gasteiger partial charge in [0.25, 0.3) is 5.91 Å². The number of morpholine rings is 1. The number of pyridine rings is 1. The second-order valence-corrected chi connectivity index (χ2v) is 11.7. The first-order valence-corrected chi connectivity index (χ1v) is 15.0. The molecule has 250 valence electrons. The lowest BCUT2D eigenvalue weighted by Gasteiger charge is -2.30. The van der Waals surface area contributed by atoms with Crippen LogP contribution in [-0.4, -0.2) is 49.3 Å². The van der Waals surface area contributed by atoms with Gasteiger partial charge in [0.05, 0.1) is 47.0 Å². The predicted molar refractivity (Wildman–Crippen MR) is 174 cm³/mol. The molecule has 1 aliphatic heterocycles. The van der Waals surface area contributed by atoms with E-state index in [0.717, 1.165) is 18.2 Å². The normalized spacial score (nSPS) is 15.8. The molecule has 1 aliphatic rings. The number of carbonyl (C=O) groups is 1. The van der Waals surface area contributed by atoms with E-state index in [1.165, 1.54) is 36.5 Å². The number of aliphatic imine (C=N–C) groups is 1. The average Bonchev–Trinajstić information content (AvgIpc) is 3.04. The second-order valence-electron chi connectivity index (χ2n) is 11.7. The number of ether oxygens (including phenoxy) is 1. The Morgan fingerprint density at radius 2 is 1.79 bits per heavy atom. The minimum Gasteiger partial charge on any atom is -0.383 e. The molecule has 2 aromatic carbocycles. The van der Waals surface area contributed by atoms with Crippen LogP contribution < -0.4 is 16.1 Å². The van der Waals surface area contributed by atoms with Crippen LogP contribution >= 0.6 is 0 Å². The Morgan fingerprint density at radius 3 is 2.38 bits per heavy atom. The summed E-state index contributed by atoms with van der Waals surface area (Å²) in [6, 6.07) is 6.56. The van der Waals surface area contributed by atoms with E-state index in [4.69, 9.17) is 10.5 Å². The highest BCUT2D eigenvalue weighted by Gasteiger charge is 2.32. The van der Waals surface area contributed by atoms with Gasteiger partial charge in [-0.25, -0.2) is 8.78 Å². The Kier molecular flexibility index (Phi) is 10.9. The fraction of sp³-hybridized carbons (Fsp3) is 0.343. The van der Waals surface area contributed by atoms with Crippen molar-refractivity contribution in [1.29, 1.82) is 0 Å². The molecule has 1 fully saturated rings. The van der Waals surface area contributed by atoms with Gasteiger partial charge >= 0.3 is 6.18 Å². The molecule has 1 aromatic heterocycles. The number of hydrogen-bond acceptors (Lipinski definition) is 4. The SMILES string of the molecule is C=C/C=C(\C/C=C\CF)C(C)(C)C(=O)N=C(N)c1cn(C(C)c2ccc(C(F)(F)F)cc2)c2cc(N3CCOCC3)c(F)cc2c1=O. The number of rotatable bonds is 10. The molecule has 1 unspecified atom stereocenters. The zero-order valence-electron chi connectivity index (χ0n) is 26.4. The summed E-state index contributed by atoms with van der Waals surface area (Å²) in [5.41, 5.74) is 5.00. The molecule has 1 amide bonds. The summed E-state index contributed by atoms with van der Waals surface area (Å²) in [5.74, 6) is -1.76. The molecule has 47 heavy (non-hydrogen) atoms. The standard InChI is InChI=1S/C35H37F5N4O3/c1-5-8-24(9-6-7-14-36)34(3,4)33(46)42-32(41)27-21-44(22(2)23-10-12-25(13-11-23)35(38,39)40)29-20-30(43-15-17-47-18-16-43)28(37)19-26(29)31(27)45/h5-8,10-13,19-22H,1,9,14-18H2,2-4H3,(H2,41,42,46)/b7-6-,24-8+. The third-order valence-electron chi connectivity index (χ3n) is 8.34. The minimum absolute atomic E-state index is 0.0516. The number of hydrogen-bond donors (Lipinski definition) is 1. The van der Waals surface area contributed by atoms with Gasteiger partial charge in [-0.1, -0.05) is 48.6 Å². The van der Waals surface area contributed by atoms with Gasteiger partial charge in [-0.2, -0.15) is 18.2 Å². The second kappa shape index (κ2) is 14.5. The smallest absolute Gasteiger partial charge is 0.383 e. The van der Waals surface area contributed by atoms with E-state index >= 15 is 4.39 Å². The number of halogens is 5. The van der Waals surface area contributed by atoms with Gasteiger partial charge in [0.15, 0.2) is 5.43 Å². The van der Waals surface area contributed by atoms with Crippen molar-refractivity contribution in [1.82, 2.24) is 4.57 Å². The van der Waals surface area contributed by atoms with Crippen molar-refractivity contribution in [2.45, 2.75) is 39.4 Å². The fourth-order valence-electron chi connectivity index (χ4n) is 5.41. The molecule has 0 spiro atoms. The molecule has 4 rings (SSSR count). The van der Waals surface area contributed by atoms with Crippen molar-refractivity contribution in [3.63, 3.8) is 0 Å². The summed E-state index contributed by atoms with van der Waals surface area (Å²) in [4.78, 5) is 33.2. The van der Waals surface area contributed by atoms with Gasteiger partial charge in [-0.15, -0.1) is 0 Å². The maximum Gasteiger partial charge on any atom is 0.416 e. The van der Waals surface area contributed by atoms with Crippen molar-refractivity contribution in [3.05, 3.63) is 112 Å². The highest BCUT2D eigenvalue weighted by molar-refractivity contribution is 6.07. The van der Waals surface area contributed by atoms with Crippen LogP contribution in [0.4, 0.5) is 27.6 Å². The molecule has 0 saturated carbocycles. The Balaban J connectivity index is 1.88. The van der Waals surface area contributed by atoms with Crippen molar-refractivity contribution in [2.75, 3.05) is 37.9 Å². The molecule has 1 atom stereocenters. The van der Waals surface area contributed by atoms with Gasteiger partial charge in [0.1, 0.15) is 18.3 Å². The predicted octanol–water partition coefficient (Wildman–Crippen LogP) is 6.89. The molecule has 12 heteroatoms. The maximum absolute atomic E-state index is 15.6. The monoisotopic (exact) mass is 656 g/mol. The Labute approximate surface area is 269 Å². The van der Waals surface area contributed by atoms with Crippen molar-refractivity contribution >= 4 is 28.3 Å². The first-order valence-electron chi connectivity index (χ1n) is 15.0. The molecule has 1 saturated heterocycles. The lowest BCUT2D eigenvalue weighted by molar-refractivity contribution is -0.137. The molecule has 2 N–H and O–H groups in total. The van der Waals surface area contributed by atoms with E-state index in [0.29, 0.717) is 43.0 Å². The summed E-state index contributed by atoms with van der Waals surface area (Å²) in [6.45, 7) is 9.55. The first-order chi connectivity index (χ1) is 22.2. The van der Waals surface area contributed by atoms with Crippen LogP contribution in [0.15, 0.2) is 88.8 Å². The Bertz CT molecular complexity index is 1780. The molecule has 0 radical (unpaired) electrons. The van der Waals surface area contributed by atoms with Gasteiger partial charge in [0.2, 0.25) is 0 Å². The number of amidine groups is 1. The summed E-state index contributed by atoms with van der Waals surface area (Å²) >= 11 is 0. The highest BCUT2D eigenvalue weighted by Crippen LogP contribution is 2.34. The van der Waals surface area contributed by atoms with Crippen LogP contribution in [0.5, 0.6) is 0 Å². The number of aromatic nitrogens is 1. The average molecular weight is 657 g/mol. The number of carbonyl (C=O) groups excluding carboxylic acids is 1. The lowest BCUT2D eigenvalue weighted by Crippen LogP contribution is -2.37. The first kappa shape index (κ1) is 35.3. The van der Waals surface area contributed by atoms with Crippen LogP contribution in [0, 0.1) is 11.2 Å². The number of nitrogens with zero attached hydrogens (tertiary/aromatic N) is 3. The number of amides is 1. The summed E-state index contributed by atoms with van der Waals surface area (Å²) < 4.78 is 75.1. The third-order valence-corrected chi connectivity index (χ3v) is 8.34. The summed E-state index contributed by atoms with van der Waals surface area (Å²) in [6.07, 6.45) is 3.09. The number of allylic oxidation sites excluding steroid dienone is 4. The zero-order valence-corrected chi connectivity index (χ0v) is 26.4. The number of fused-ring (bicyclic) bond motifs is 1. The maximum atomic E-state index is 15.6. The topological polar surface area (TPSA) is 89.9 Å². The summed E-state index contributed by atoms with van der Waals surface area (Å²) in [5, 5.41) is -0.0516. The van der Waals surface area contributed by atoms with Gasteiger partial charge < -0.3 is 19.9 Å². The van der Waals surface area contributed by atoms with Crippen molar-refractivity contribution in [3.8, 4) is 0 Å². The molecule has 7 nitrogen and oxygen atoms in total. The molecule has 0 aliphatic carbocycles. The van der Waals surface area contributed by atoms with E-state index < -0.39 is 52.9 Å². The molecular formula is C35H37F5N4O3. The molecule has 3 aromatic rings. The van der Waals surface area contributed by atoms with Crippen LogP contribution in [-0.2, 0) is 15.7 Å². The summed E-state index contributed by atoms with van der Waals surface area (Å²) in [7, 11) is 0. The quantitative estimate of drug-likeness (QED) is 0.0844. The van der Waals surface area contributed by atoms with Crippen LogP contribution in [0.25, 0.3) is 10.9 Å². The Hall–Kier alpha value is -4.58. The van der Waals surface area contributed by atoms with Crippen molar-refractivity contribution < 1.29 is 31.5 Å². The van der Waals surface area contributed by atoms with E-state index in [2.05, 4.69) is 11.6 Å². The number of benzene rings is 2. The number of alkyl halides is 4. The van der Waals surface area contributed by atoms with Crippen LogP contribution in [0.1, 0.15) is 49.9 Å². The van der Waals surface area contributed by atoms with Crippen LogP contribution in [0.2, 0.25) is 0 Å². The Morgan fingerprint density at radius 1 is 1.13 bits per heavy atom. The van der Waals surface area contributed by atoms with E-state index in [1.807, 2.05) is 0 Å². The van der Waals surface area contributed by atoms with Gasteiger partial charge in [-0.3, -0.25) is 9.59 Å². The molecule has 0 bridgehead atoms. The van der Waals surface area contributed by atoms with E-state index in [9.17, 15) is 27.2 Å².